The molecule has 2 atom stereocenters. The maximum absolute atomic E-state index is 11.9. The van der Waals surface area contributed by atoms with Crippen molar-refractivity contribution in [2.45, 2.75) is 6.04 Å². The van der Waals surface area contributed by atoms with E-state index >= 15 is 0 Å². The number of hydrogen-bond donors (Lipinski definition) is 2. The molecule has 1 aliphatic heterocycles. The van der Waals surface area contributed by atoms with Crippen LogP contribution in [0.25, 0.3) is 0 Å². The first-order valence-electron chi connectivity index (χ1n) is 6.91. The zero-order chi connectivity index (χ0) is 15.9. The number of anilines is 2. The van der Waals surface area contributed by atoms with Crippen molar-refractivity contribution in [2.75, 3.05) is 24.3 Å². The number of benzene rings is 1. The highest BCUT2D eigenvalue weighted by molar-refractivity contribution is 5.82. The number of carbonyl (C=O) groups is 1. The first kappa shape index (κ1) is 14.1. The summed E-state index contributed by atoms with van der Waals surface area (Å²) in [6, 6.07) is 7.59. The number of aromatic nitrogens is 3. The molecule has 2 aromatic rings. The lowest BCUT2D eigenvalue weighted by Gasteiger charge is -2.32. The van der Waals surface area contributed by atoms with Crippen LogP contribution < -0.4 is 16.0 Å². The van der Waals surface area contributed by atoms with Crippen LogP contribution in [0.1, 0.15) is 11.6 Å². The van der Waals surface area contributed by atoms with E-state index in [1.54, 1.807) is 4.68 Å². The van der Waals surface area contributed by atoms with Crippen molar-refractivity contribution < 1.29 is 4.79 Å². The molecule has 0 bridgehead atoms. The van der Waals surface area contributed by atoms with Crippen LogP contribution in [0.4, 0.5) is 11.6 Å². The number of amides is 1. The van der Waals surface area contributed by atoms with Gasteiger partial charge in [-0.3, -0.25) is 4.79 Å². The van der Waals surface area contributed by atoms with E-state index in [0.29, 0.717) is 11.6 Å². The summed E-state index contributed by atoms with van der Waals surface area (Å²) < 4.78 is 1.68. The lowest BCUT2D eigenvalue weighted by Crippen LogP contribution is -2.40. The van der Waals surface area contributed by atoms with Crippen LogP contribution in [0.15, 0.2) is 42.9 Å². The van der Waals surface area contributed by atoms with Crippen molar-refractivity contribution in [3.63, 3.8) is 0 Å². The van der Waals surface area contributed by atoms with Crippen LogP contribution in [0, 0.1) is 5.92 Å². The minimum Gasteiger partial charge on any atom is -0.378 e. The standard InChI is InChI=1S/C15H18N6O/c1-9-12(14(16)22)13(21-15(19-9)17-8-18-21)10-4-6-11(7-5-10)20(2)3/h4-8,12-13H,1H2,2-3H3,(H2,16,22)(H,17,18,19)/t12-,13+/m0/s1. The summed E-state index contributed by atoms with van der Waals surface area (Å²) >= 11 is 0. The van der Waals surface area contributed by atoms with Crippen molar-refractivity contribution in [3.8, 4) is 0 Å². The van der Waals surface area contributed by atoms with Crippen LogP contribution in [-0.4, -0.2) is 34.8 Å². The second-order valence-electron chi connectivity index (χ2n) is 5.49. The summed E-state index contributed by atoms with van der Waals surface area (Å²) in [6.07, 6.45) is 1.44. The fourth-order valence-corrected chi connectivity index (χ4v) is 2.73. The van der Waals surface area contributed by atoms with Crippen molar-refractivity contribution in [3.05, 3.63) is 48.4 Å². The maximum atomic E-state index is 11.9. The number of carbonyl (C=O) groups excluding carboxylic acids is 1. The van der Waals surface area contributed by atoms with E-state index in [4.69, 9.17) is 5.73 Å². The molecule has 0 unspecified atom stereocenters. The van der Waals surface area contributed by atoms with E-state index < -0.39 is 11.8 Å². The Labute approximate surface area is 128 Å². The molecule has 7 nitrogen and oxygen atoms in total. The molecule has 0 spiro atoms. The predicted octanol–water partition coefficient (Wildman–Crippen LogP) is 0.974. The minimum atomic E-state index is -0.584. The van der Waals surface area contributed by atoms with Crippen LogP contribution in [0.2, 0.25) is 0 Å². The lowest BCUT2D eigenvalue weighted by molar-refractivity contribution is -0.121. The van der Waals surface area contributed by atoms with Gasteiger partial charge in [-0.25, -0.2) is 4.68 Å². The highest BCUT2D eigenvalue weighted by Crippen LogP contribution is 2.37. The number of primary amides is 1. The average Bonchev–Trinajstić information content (AvgIpc) is 2.93. The van der Waals surface area contributed by atoms with Crippen molar-refractivity contribution in [1.82, 2.24) is 14.8 Å². The van der Waals surface area contributed by atoms with E-state index in [1.807, 2.05) is 43.3 Å². The normalized spacial score (nSPS) is 20.2. The zero-order valence-corrected chi connectivity index (χ0v) is 12.5. The number of rotatable bonds is 3. The molecule has 1 aromatic carbocycles. The van der Waals surface area contributed by atoms with Gasteiger partial charge in [0.2, 0.25) is 11.9 Å². The molecule has 0 saturated heterocycles. The molecule has 0 saturated carbocycles. The fraction of sp³-hybridized carbons (Fsp3) is 0.267. The molecule has 3 N–H and O–H groups in total. The number of hydrogen-bond acceptors (Lipinski definition) is 5. The van der Waals surface area contributed by atoms with Gasteiger partial charge in [0.25, 0.3) is 0 Å². The molecule has 0 radical (unpaired) electrons. The third-order valence-electron chi connectivity index (χ3n) is 3.86. The number of nitrogens with two attached hydrogens (primary N) is 1. The SMILES string of the molecule is C=C1Nc2ncnn2[C@H](c2ccc(N(C)C)cc2)[C@H]1C(N)=O. The summed E-state index contributed by atoms with van der Waals surface area (Å²) in [6.45, 7) is 3.92. The van der Waals surface area contributed by atoms with Crippen LogP contribution in [0.5, 0.6) is 0 Å². The zero-order valence-electron chi connectivity index (χ0n) is 12.5. The second kappa shape index (κ2) is 5.18. The van der Waals surface area contributed by atoms with Crippen molar-refractivity contribution in [1.29, 1.82) is 0 Å². The van der Waals surface area contributed by atoms with E-state index in [0.717, 1.165) is 11.3 Å². The van der Waals surface area contributed by atoms with Gasteiger partial charge in [-0.2, -0.15) is 10.1 Å². The van der Waals surface area contributed by atoms with E-state index in [9.17, 15) is 4.79 Å². The summed E-state index contributed by atoms with van der Waals surface area (Å²) in [5.74, 6) is -0.469. The largest absolute Gasteiger partial charge is 0.378 e. The number of nitrogens with one attached hydrogen (secondary N) is 1. The molecule has 1 aliphatic rings. The lowest BCUT2D eigenvalue weighted by atomic mass is 9.88. The molecule has 0 aliphatic carbocycles. The highest BCUT2D eigenvalue weighted by Gasteiger charge is 2.38. The Balaban J connectivity index is 2.09. The predicted molar refractivity (Wildman–Crippen MR) is 84.4 cm³/mol. The smallest absolute Gasteiger partial charge is 0.229 e. The minimum absolute atomic E-state index is 0.347. The summed E-state index contributed by atoms with van der Waals surface area (Å²) in [5, 5.41) is 7.21. The third kappa shape index (κ3) is 2.20. The Morgan fingerprint density at radius 1 is 1.36 bits per heavy atom. The fourth-order valence-electron chi connectivity index (χ4n) is 2.73. The molecule has 3 rings (SSSR count). The Morgan fingerprint density at radius 2 is 2.05 bits per heavy atom. The van der Waals surface area contributed by atoms with Gasteiger partial charge < -0.3 is 16.0 Å². The van der Waals surface area contributed by atoms with E-state index in [1.165, 1.54) is 6.33 Å². The molecule has 1 amide bonds. The Kier molecular flexibility index (Phi) is 3.32. The first-order chi connectivity index (χ1) is 10.5. The Hall–Kier alpha value is -2.83. The van der Waals surface area contributed by atoms with Gasteiger partial charge in [-0.1, -0.05) is 18.7 Å². The van der Waals surface area contributed by atoms with Gasteiger partial charge in [0.1, 0.15) is 12.2 Å². The van der Waals surface area contributed by atoms with Crippen molar-refractivity contribution in [2.24, 2.45) is 11.7 Å². The van der Waals surface area contributed by atoms with Crippen LogP contribution in [-0.2, 0) is 4.79 Å². The number of nitrogens with zero attached hydrogens (tertiary/aromatic N) is 4. The molecule has 114 valence electrons. The highest BCUT2D eigenvalue weighted by atomic mass is 16.1. The molecule has 0 fully saturated rings. The summed E-state index contributed by atoms with van der Waals surface area (Å²) in [7, 11) is 3.95. The topological polar surface area (TPSA) is 89.1 Å². The molecule has 7 heteroatoms. The molecule has 1 aromatic heterocycles. The van der Waals surface area contributed by atoms with Gasteiger partial charge in [-0.15, -0.1) is 0 Å². The van der Waals surface area contributed by atoms with E-state index in [-0.39, 0.29) is 6.04 Å². The molecular formula is C15H18N6O. The summed E-state index contributed by atoms with van der Waals surface area (Å²) in [5.41, 5.74) is 8.13. The van der Waals surface area contributed by atoms with Gasteiger partial charge >= 0.3 is 0 Å². The van der Waals surface area contributed by atoms with E-state index in [2.05, 4.69) is 22.0 Å². The first-order valence-corrected chi connectivity index (χ1v) is 6.91. The number of fused-ring (bicyclic) bond motifs is 1. The molecule has 22 heavy (non-hydrogen) atoms. The summed E-state index contributed by atoms with van der Waals surface area (Å²) in [4.78, 5) is 18.1. The molecular weight excluding hydrogens is 280 g/mol. The average molecular weight is 298 g/mol. The van der Waals surface area contributed by atoms with Crippen molar-refractivity contribution >= 4 is 17.5 Å². The maximum Gasteiger partial charge on any atom is 0.229 e. The van der Waals surface area contributed by atoms with Gasteiger partial charge in [0.05, 0.1) is 6.04 Å². The van der Waals surface area contributed by atoms with Gasteiger partial charge in [-0.05, 0) is 17.7 Å². The monoisotopic (exact) mass is 298 g/mol. The Morgan fingerprint density at radius 3 is 2.64 bits per heavy atom. The van der Waals surface area contributed by atoms with Crippen LogP contribution in [0.3, 0.4) is 0 Å². The van der Waals surface area contributed by atoms with Gasteiger partial charge in [0.15, 0.2) is 0 Å². The second-order valence-corrected chi connectivity index (χ2v) is 5.49. The third-order valence-corrected chi connectivity index (χ3v) is 3.86. The molecule has 2 heterocycles. The van der Waals surface area contributed by atoms with Gasteiger partial charge in [0, 0.05) is 25.5 Å². The van der Waals surface area contributed by atoms with Crippen LogP contribution >= 0.6 is 0 Å². The quantitative estimate of drug-likeness (QED) is 0.881. The Bertz CT molecular complexity index is 718.